The highest BCUT2D eigenvalue weighted by molar-refractivity contribution is 5.82. The second kappa shape index (κ2) is 12.1. The number of hydrogen-bond donors (Lipinski definition) is 3. The van der Waals surface area contributed by atoms with E-state index in [-0.39, 0.29) is 52.0 Å². The summed E-state index contributed by atoms with van der Waals surface area (Å²) >= 11 is 0. The number of aromatic nitrogens is 3. The number of nitrogens with one attached hydrogen (secondary N) is 2. The summed E-state index contributed by atoms with van der Waals surface area (Å²) in [7, 11) is 1.00. The number of aliphatic hydroxyl groups excluding tert-OH is 1. The number of aliphatic hydroxyl groups is 1. The van der Waals surface area contributed by atoms with Gasteiger partial charge in [-0.25, -0.2) is 26.9 Å². The van der Waals surface area contributed by atoms with Crippen LogP contribution >= 0.6 is 0 Å². The molecule has 0 saturated carbocycles. The fourth-order valence-electron chi connectivity index (χ4n) is 4.31. The van der Waals surface area contributed by atoms with Crippen LogP contribution in [0.4, 0.5) is 22.0 Å². The smallest absolute Gasteiger partial charge is 0.199 e. The average molecular weight is 558 g/mol. The third kappa shape index (κ3) is 5.59. The lowest BCUT2D eigenvalue weighted by Crippen LogP contribution is -2.05. The zero-order valence-electron chi connectivity index (χ0n) is 21.4. The van der Waals surface area contributed by atoms with Crippen LogP contribution in [0.1, 0.15) is 36.1 Å². The number of nitrogens with zero attached hydrogens (tertiary/aromatic N) is 1. The number of rotatable bonds is 8. The van der Waals surface area contributed by atoms with E-state index in [1.807, 2.05) is 0 Å². The third-order valence-electron chi connectivity index (χ3n) is 6.32. The first-order valence-electron chi connectivity index (χ1n) is 12.1. The van der Waals surface area contributed by atoms with Gasteiger partial charge >= 0.3 is 0 Å². The van der Waals surface area contributed by atoms with Crippen molar-refractivity contribution >= 4 is 17.2 Å². The van der Waals surface area contributed by atoms with Crippen LogP contribution in [0.5, 0.6) is 11.5 Å². The van der Waals surface area contributed by atoms with Gasteiger partial charge in [0.2, 0.25) is 0 Å². The van der Waals surface area contributed by atoms with Crippen molar-refractivity contribution in [2.24, 2.45) is 0 Å². The number of H-pyrrole nitrogens is 2. The minimum absolute atomic E-state index is 0.0453. The van der Waals surface area contributed by atoms with Gasteiger partial charge in [0, 0.05) is 49.0 Å². The summed E-state index contributed by atoms with van der Waals surface area (Å²) in [5.41, 5.74) is 0.689. The van der Waals surface area contributed by atoms with Crippen molar-refractivity contribution < 1.29 is 36.6 Å². The van der Waals surface area contributed by atoms with Gasteiger partial charge in [-0.2, -0.15) is 0 Å². The Morgan fingerprint density at radius 1 is 1.00 bits per heavy atom. The Balaban J connectivity index is 0.00000181. The molecule has 40 heavy (non-hydrogen) atoms. The first-order valence-corrected chi connectivity index (χ1v) is 12.1. The van der Waals surface area contributed by atoms with Crippen LogP contribution in [0.15, 0.2) is 54.9 Å². The Kier molecular flexibility index (Phi) is 8.64. The maximum atomic E-state index is 15.1. The summed E-state index contributed by atoms with van der Waals surface area (Å²) < 4.78 is 78.7. The van der Waals surface area contributed by atoms with E-state index in [4.69, 9.17) is 9.84 Å². The van der Waals surface area contributed by atoms with Crippen molar-refractivity contribution in [1.82, 2.24) is 15.0 Å². The van der Waals surface area contributed by atoms with Crippen molar-refractivity contribution in [3.63, 3.8) is 0 Å². The average Bonchev–Trinajstić information content (AvgIpc) is 3.63. The number of aromatic amines is 2. The molecular formula is C29H24F5N3O3. The number of fused-ring (bicyclic) bond motifs is 1. The van der Waals surface area contributed by atoms with Gasteiger partial charge in [-0.3, -0.25) is 0 Å². The normalized spacial score (nSPS) is 11.7. The third-order valence-corrected chi connectivity index (χ3v) is 6.32. The summed E-state index contributed by atoms with van der Waals surface area (Å²) in [5, 5.41) is 7.13. The monoisotopic (exact) mass is 557 g/mol. The van der Waals surface area contributed by atoms with Crippen molar-refractivity contribution in [3.8, 4) is 22.9 Å². The van der Waals surface area contributed by atoms with Gasteiger partial charge in [-0.05, 0) is 53.9 Å². The molecule has 1 atom stereocenters. The van der Waals surface area contributed by atoms with Crippen LogP contribution in [0, 0.1) is 29.1 Å². The highest BCUT2D eigenvalue weighted by atomic mass is 19.1. The van der Waals surface area contributed by atoms with Crippen LogP contribution in [-0.4, -0.2) is 33.5 Å². The summed E-state index contributed by atoms with van der Waals surface area (Å²) in [5.74, 6) is -5.17. The first kappa shape index (κ1) is 28.5. The number of hydrogen-bond acceptors (Lipinski definition) is 4. The zero-order valence-corrected chi connectivity index (χ0v) is 21.4. The molecule has 0 aliphatic carbocycles. The SMILES string of the molecule is CC(c1cnc(-c2cc(Oc3c(F)cc4[nH]ccc4c3F)ccc2F)[nH]1)c1cc(F)cc(CCC=O)c1F.CO. The standard InChI is InChI=1S/C28H20F5N3O2.CH4O/c1-14(19-10-16(29)9-15(25(19)32)3-2-8-37)24-13-35-28(36-24)20-11-17(4-5-21(20)30)38-27-22(31)12-23-18(26(27)33)6-7-34-23;1-2/h4-14,34H,2-3H2,1H3,(H,35,36);2H,1H3. The molecule has 3 aromatic carbocycles. The van der Waals surface area contributed by atoms with Gasteiger partial charge < -0.3 is 24.6 Å². The molecular weight excluding hydrogens is 533 g/mol. The molecule has 11 heteroatoms. The fourth-order valence-corrected chi connectivity index (χ4v) is 4.31. The van der Waals surface area contributed by atoms with Crippen LogP contribution < -0.4 is 4.74 Å². The Hall–Kier alpha value is -4.51. The minimum Gasteiger partial charge on any atom is -0.451 e. The molecule has 2 heterocycles. The second-order valence-corrected chi connectivity index (χ2v) is 8.77. The molecule has 5 aromatic rings. The predicted octanol–water partition coefficient (Wildman–Crippen LogP) is 6.94. The first-order chi connectivity index (χ1) is 19.3. The lowest BCUT2D eigenvalue weighted by atomic mass is 9.94. The molecule has 5 rings (SSSR count). The van der Waals surface area contributed by atoms with Gasteiger partial charge in [0.25, 0.3) is 0 Å². The molecule has 3 N–H and O–H groups in total. The topological polar surface area (TPSA) is 91.0 Å². The molecule has 0 saturated heterocycles. The largest absolute Gasteiger partial charge is 0.451 e. The van der Waals surface area contributed by atoms with Crippen molar-refractivity contribution in [1.29, 1.82) is 0 Å². The van der Waals surface area contributed by atoms with E-state index < -0.39 is 40.8 Å². The maximum Gasteiger partial charge on any atom is 0.199 e. The zero-order chi connectivity index (χ0) is 29.0. The molecule has 0 aliphatic heterocycles. The number of ether oxygens (including phenoxy) is 1. The van der Waals surface area contributed by atoms with Gasteiger partial charge in [0.05, 0.1) is 11.1 Å². The molecule has 0 amide bonds. The van der Waals surface area contributed by atoms with Crippen molar-refractivity contribution in [2.75, 3.05) is 7.11 Å². The summed E-state index contributed by atoms with van der Waals surface area (Å²) in [6, 6.07) is 8.14. The van der Waals surface area contributed by atoms with Gasteiger partial charge in [0.1, 0.15) is 35.3 Å². The fraction of sp³-hybridized carbons (Fsp3) is 0.172. The van der Waals surface area contributed by atoms with Gasteiger partial charge in [-0.15, -0.1) is 0 Å². The van der Waals surface area contributed by atoms with Crippen LogP contribution in [0.25, 0.3) is 22.3 Å². The Bertz CT molecular complexity index is 1660. The van der Waals surface area contributed by atoms with Crippen molar-refractivity contribution in [3.05, 3.63) is 101 Å². The quantitative estimate of drug-likeness (QED) is 0.142. The highest BCUT2D eigenvalue weighted by Crippen LogP contribution is 2.35. The van der Waals surface area contributed by atoms with Crippen molar-refractivity contribution in [2.45, 2.75) is 25.7 Å². The highest BCUT2D eigenvalue weighted by Gasteiger charge is 2.22. The number of halogens is 5. The summed E-state index contributed by atoms with van der Waals surface area (Å²) in [6.07, 6.45) is 3.55. The molecule has 0 fully saturated rings. The van der Waals surface area contributed by atoms with Gasteiger partial charge in [-0.1, -0.05) is 6.92 Å². The second-order valence-electron chi connectivity index (χ2n) is 8.77. The van der Waals surface area contributed by atoms with E-state index in [0.717, 1.165) is 31.4 Å². The number of carbonyl (C=O) groups excluding carboxylic acids is 1. The number of aryl methyl sites for hydroxylation is 1. The number of benzene rings is 3. The lowest BCUT2D eigenvalue weighted by molar-refractivity contribution is -0.107. The van der Waals surface area contributed by atoms with Crippen LogP contribution in [-0.2, 0) is 11.2 Å². The Labute approximate surface area is 225 Å². The molecule has 6 nitrogen and oxygen atoms in total. The molecule has 0 spiro atoms. The van der Waals surface area contributed by atoms with Crippen LogP contribution in [0.3, 0.4) is 0 Å². The van der Waals surface area contributed by atoms with Gasteiger partial charge in [0.15, 0.2) is 17.4 Å². The van der Waals surface area contributed by atoms with E-state index in [9.17, 15) is 22.4 Å². The van der Waals surface area contributed by atoms with E-state index >= 15 is 4.39 Å². The maximum absolute atomic E-state index is 15.1. The van der Waals surface area contributed by atoms with E-state index in [2.05, 4.69) is 15.0 Å². The Morgan fingerprint density at radius 2 is 1.77 bits per heavy atom. The Morgan fingerprint density at radius 3 is 2.52 bits per heavy atom. The number of imidazole rings is 1. The van der Waals surface area contributed by atoms with E-state index in [0.29, 0.717) is 12.0 Å². The summed E-state index contributed by atoms with van der Waals surface area (Å²) in [4.78, 5) is 20.5. The minimum atomic E-state index is -0.943. The molecule has 2 aromatic heterocycles. The lowest BCUT2D eigenvalue weighted by Gasteiger charge is -2.14. The summed E-state index contributed by atoms with van der Waals surface area (Å²) in [6.45, 7) is 1.62. The van der Waals surface area contributed by atoms with E-state index in [1.54, 1.807) is 6.92 Å². The molecule has 0 bridgehead atoms. The molecule has 1 unspecified atom stereocenters. The number of aldehydes is 1. The predicted molar refractivity (Wildman–Crippen MR) is 139 cm³/mol. The van der Waals surface area contributed by atoms with Crippen LogP contribution in [0.2, 0.25) is 0 Å². The molecule has 0 radical (unpaired) electrons. The molecule has 208 valence electrons. The molecule has 0 aliphatic rings. The number of carbonyl (C=O) groups is 1. The van der Waals surface area contributed by atoms with E-state index in [1.165, 1.54) is 30.6 Å².